The number of nitrogens with zero attached hydrogens (tertiary/aromatic N) is 3. The molecule has 0 saturated carbocycles. The summed E-state index contributed by atoms with van der Waals surface area (Å²) in [5, 5.41) is 11.1. The van der Waals surface area contributed by atoms with E-state index in [2.05, 4.69) is 22.4 Å². The number of sulfonamides is 1. The van der Waals surface area contributed by atoms with Crippen LogP contribution in [0.3, 0.4) is 0 Å². The number of hydrogen-bond donors (Lipinski definition) is 1. The third kappa shape index (κ3) is 5.51. The van der Waals surface area contributed by atoms with E-state index in [0.717, 1.165) is 20.8 Å². The molecule has 7 nitrogen and oxygen atoms in total. The lowest BCUT2D eigenvalue weighted by molar-refractivity contribution is -0.114. The molecule has 3 rings (SSSR count). The number of anilines is 2. The summed E-state index contributed by atoms with van der Waals surface area (Å²) in [6, 6.07) is 14.4. The van der Waals surface area contributed by atoms with Crippen LogP contribution in [0.5, 0.6) is 0 Å². The number of benzene rings is 2. The lowest BCUT2D eigenvalue weighted by Gasteiger charge is -2.24. The summed E-state index contributed by atoms with van der Waals surface area (Å²) in [7, 11) is -4.02. The predicted molar refractivity (Wildman–Crippen MR) is 122 cm³/mol. The molecule has 0 aliphatic heterocycles. The molecule has 0 unspecified atom stereocenters. The quantitative estimate of drug-likeness (QED) is 0.356. The molecule has 1 aromatic heterocycles. The predicted octanol–water partition coefficient (Wildman–Crippen LogP) is 4.53. The Labute approximate surface area is 188 Å². The third-order valence-electron chi connectivity index (χ3n) is 3.82. The van der Waals surface area contributed by atoms with Crippen molar-refractivity contribution < 1.29 is 13.2 Å². The first-order valence-electron chi connectivity index (χ1n) is 9.00. The number of rotatable bonds is 9. The molecule has 1 heterocycles. The van der Waals surface area contributed by atoms with Crippen LogP contribution in [0.1, 0.15) is 13.3 Å². The van der Waals surface area contributed by atoms with Crippen LogP contribution in [-0.4, -0.2) is 36.8 Å². The number of halogens is 1. The van der Waals surface area contributed by atoms with Gasteiger partial charge < -0.3 is 0 Å². The van der Waals surface area contributed by atoms with Crippen molar-refractivity contribution >= 4 is 61.4 Å². The second-order valence-electron chi connectivity index (χ2n) is 6.05. The van der Waals surface area contributed by atoms with Gasteiger partial charge in [0.05, 0.1) is 15.6 Å². The third-order valence-corrected chi connectivity index (χ3v) is 8.09. The van der Waals surface area contributed by atoms with Crippen molar-refractivity contribution in [2.24, 2.45) is 0 Å². The molecule has 0 atom stereocenters. The summed E-state index contributed by atoms with van der Waals surface area (Å²) in [5.41, 5.74) is 0.217. The molecule has 2 aromatic carbocycles. The Morgan fingerprint density at radius 3 is 2.53 bits per heavy atom. The van der Waals surface area contributed by atoms with Gasteiger partial charge in [-0.15, -0.1) is 10.2 Å². The van der Waals surface area contributed by atoms with Gasteiger partial charge in [0.15, 0.2) is 4.34 Å². The molecule has 0 fully saturated rings. The molecule has 0 aliphatic carbocycles. The van der Waals surface area contributed by atoms with Crippen LogP contribution in [0, 0.1) is 0 Å². The molecule has 11 heteroatoms. The van der Waals surface area contributed by atoms with Crippen LogP contribution in [-0.2, 0) is 14.8 Å². The molecule has 0 aliphatic rings. The Kier molecular flexibility index (Phi) is 7.70. The van der Waals surface area contributed by atoms with Gasteiger partial charge >= 0.3 is 0 Å². The Hall–Kier alpha value is -2.14. The number of carbonyl (C=O) groups is 1. The Morgan fingerprint density at radius 1 is 1.13 bits per heavy atom. The van der Waals surface area contributed by atoms with Gasteiger partial charge in [0.2, 0.25) is 11.0 Å². The van der Waals surface area contributed by atoms with E-state index in [1.54, 1.807) is 54.2 Å². The van der Waals surface area contributed by atoms with Crippen LogP contribution in [0.2, 0.25) is 5.02 Å². The van der Waals surface area contributed by atoms with Crippen molar-refractivity contribution in [3.8, 4) is 0 Å². The zero-order chi connectivity index (χ0) is 21.6. The van der Waals surface area contributed by atoms with Gasteiger partial charge in [-0.05, 0) is 30.7 Å². The number of amides is 1. The summed E-state index contributed by atoms with van der Waals surface area (Å²) in [6.45, 7) is 1.60. The first kappa shape index (κ1) is 22.5. The second-order valence-corrected chi connectivity index (χ2v) is 10.6. The molecule has 30 heavy (non-hydrogen) atoms. The fourth-order valence-electron chi connectivity index (χ4n) is 2.47. The highest BCUT2D eigenvalue weighted by molar-refractivity contribution is 8.01. The van der Waals surface area contributed by atoms with E-state index in [0.29, 0.717) is 5.13 Å². The van der Waals surface area contributed by atoms with Crippen molar-refractivity contribution in [2.45, 2.75) is 22.6 Å². The molecular weight excluding hydrogens is 464 g/mol. The first-order valence-corrected chi connectivity index (χ1v) is 12.6. The van der Waals surface area contributed by atoms with Crippen molar-refractivity contribution in [3.63, 3.8) is 0 Å². The smallest absolute Gasteiger partial charge is 0.264 e. The molecule has 0 radical (unpaired) electrons. The highest BCUT2D eigenvalue weighted by atomic mass is 35.5. The van der Waals surface area contributed by atoms with Gasteiger partial charge in [-0.2, -0.15) is 0 Å². The number of hydrogen-bond acceptors (Lipinski definition) is 7. The van der Waals surface area contributed by atoms with E-state index in [-0.39, 0.29) is 15.6 Å². The lowest BCUT2D eigenvalue weighted by Crippen LogP contribution is -2.38. The number of thioether (sulfide) groups is 1. The molecule has 0 saturated heterocycles. The Morgan fingerprint density at radius 2 is 1.83 bits per heavy atom. The molecule has 1 amide bonds. The Bertz CT molecular complexity index is 1110. The number of para-hydroxylation sites is 1. The van der Waals surface area contributed by atoms with Crippen LogP contribution in [0.25, 0.3) is 0 Å². The minimum Gasteiger partial charge on any atom is -0.299 e. The molecule has 1 N–H and O–H groups in total. The van der Waals surface area contributed by atoms with Gasteiger partial charge in [-0.3, -0.25) is 14.4 Å². The SMILES string of the molecule is CCCSc1nnc(NC(=O)CN(c2ccccc2Cl)S(=O)(=O)c2ccccc2)s1. The normalized spacial score (nSPS) is 11.3. The van der Waals surface area contributed by atoms with Crippen molar-refractivity contribution in [1.29, 1.82) is 0 Å². The summed E-state index contributed by atoms with van der Waals surface area (Å²) in [5.74, 6) is 0.357. The van der Waals surface area contributed by atoms with Crippen LogP contribution in [0.4, 0.5) is 10.8 Å². The van der Waals surface area contributed by atoms with Gasteiger partial charge in [0, 0.05) is 5.75 Å². The lowest BCUT2D eigenvalue weighted by atomic mass is 10.3. The second kappa shape index (κ2) is 10.3. The van der Waals surface area contributed by atoms with E-state index < -0.39 is 22.5 Å². The van der Waals surface area contributed by atoms with E-state index in [9.17, 15) is 13.2 Å². The average molecular weight is 483 g/mol. The molecular formula is C19H19ClN4O3S3. The molecule has 0 bridgehead atoms. The van der Waals surface area contributed by atoms with E-state index in [1.165, 1.54) is 23.5 Å². The summed E-state index contributed by atoms with van der Waals surface area (Å²) < 4.78 is 28.2. The minimum atomic E-state index is -4.02. The number of carbonyl (C=O) groups excluding carboxylic acids is 1. The van der Waals surface area contributed by atoms with Crippen LogP contribution in [0.15, 0.2) is 63.8 Å². The van der Waals surface area contributed by atoms with Gasteiger partial charge in [0.25, 0.3) is 10.0 Å². The zero-order valence-electron chi connectivity index (χ0n) is 16.0. The highest BCUT2D eigenvalue weighted by Gasteiger charge is 2.28. The summed E-state index contributed by atoms with van der Waals surface area (Å²) in [4.78, 5) is 12.7. The van der Waals surface area contributed by atoms with Crippen LogP contribution < -0.4 is 9.62 Å². The monoisotopic (exact) mass is 482 g/mol. The first-order chi connectivity index (χ1) is 14.4. The maximum Gasteiger partial charge on any atom is 0.264 e. The standard InChI is InChI=1S/C19H19ClN4O3S3/c1-2-12-28-19-23-22-18(29-19)21-17(25)13-24(16-11-7-6-10-15(16)20)30(26,27)14-8-4-3-5-9-14/h3-11H,2,12-13H2,1H3,(H,21,22,25). The van der Waals surface area contributed by atoms with Crippen LogP contribution >= 0.6 is 34.7 Å². The van der Waals surface area contributed by atoms with Crippen molar-refractivity contribution in [1.82, 2.24) is 10.2 Å². The number of nitrogens with one attached hydrogen (secondary N) is 1. The summed E-state index contributed by atoms with van der Waals surface area (Å²) in [6.07, 6.45) is 0.996. The summed E-state index contributed by atoms with van der Waals surface area (Å²) >= 11 is 9.05. The van der Waals surface area contributed by atoms with Gasteiger partial charge in [0.1, 0.15) is 6.54 Å². The van der Waals surface area contributed by atoms with Crippen molar-refractivity contribution in [3.05, 3.63) is 59.6 Å². The van der Waals surface area contributed by atoms with Gasteiger partial charge in [-0.25, -0.2) is 8.42 Å². The maximum atomic E-state index is 13.3. The van der Waals surface area contributed by atoms with Crippen molar-refractivity contribution in [2.75, 3.05) is 21.9 Å². The Balaban J connectivity index is 1.85. The average Bonchev–Trinajstić information content (AvgIpc) is 3.19. The topological polar surface area (TPSA) is 92.3 Å². The fourth-order valence-corrected chi connectivity index (χ4v) is 5.91. The fraction of sp³-hybridized carbons (Fsp3) is 0.211. The molecule has 3 aromatic rings. The van der Waals surface area contributed by atoms with E-state index in [4.69, 9.17) is 11.6 Å². The highest BCUT2D eigenvalue weighted by Crippen LogP contribution is 2.30. The maximum absolute atomic E-state index is 13.3. The minimum absolute atomic E-state index is 0.0619. The largest absolute Gasteiger partial charge is 0.299 e. The zero-order valence-corrected chi connectivity index (χ0v) is 19.2. The number of aromatic nitrogens is 2. The van der Waals surface area contributed by atoms with Gasteiger partial charge in [-0.1, -0.05) is 72.0 Å². The molecule has 158 valence electrons. The van der Waals surface area contributed by atoms with E-state index in [1.807, 2.05) is 0 Å². The molecule has 0 spiro atoms. The van der Waals surface area contributed by atoms with E-state index >= 15 is 0 Å².